The summed E-state index contributed by atoms with van der Waals surface area (Å²) >= 11 is 0. The van der Waals surface area contributed by atoms with Crippen molar-refractivity contribution in [3.63, 3.8) is 0 Å². The number of hydrogen-bond acceptors (Lipinski definition) is 7. The molecule has 0 amide bonds. The lowest BCUT2D eigenvalue weighted by Crippen LogP contribution is -2.49. The molecule has 0 aliphatic carbocycles. The quantitative estimate of drug-likeness (QED) is 0.590. The smallest absolute Gasteiger partial charge is 0.310 e. The summed E-state index contributed by atoms with van der Waals surface area (Å²) in [4.78, 5) is 37.6. The van der Waals surface area contributed by atoms with Gasteiger partial charge in [0.1, 0.15) is 0 Å². The Morgan fingerprint density at radius 3 is 2.33 bits per heavy atom. The molecular formula is C20H25NO6. The van der Waals surface area contributed by atoms with Gasteiger partial charge in [-0.2, -0.15) is 0 Å². The van der Waals surface area contributed by atoms with Crippen LogP contribution in [-0.4, -0.2) is 49.0 Å². The average molecular weight is 375 g/mol. The highest BCUT2D eigenvalue weighted by Gasteiger charge is 2.49. The maximum absolute atomic E-state index is 12.6. The number of ether oxygens (including phenoxy) is 3. The van der Waals surface area contributed by atoms with E-state index in [9.17, 15) is 14.4 Å². The van der Waals surface area contributed by atoms with Crippen molar-refractivity contribution in [1.29, 1.82) is 0 Å². The van der Waals surface area contributed by atoms with Gasteiger partial charge in [-0.05, 0) is 44.0 Å². The molecule has 4 atom stereocenters. The first kappa shape index (κ1) is 19.4. The first-order valence-corrected chi connectivity index (χ1v) is 9.12. The molecule has 7 nitrogen and oxygen atoms in total. The van der Waals surface area contributed by atoms with Crippen molar-refractivity contribution in [2.24, 2.45) is 5.92 Å². The maximum atomic E-state index is 12.6. The van der Waals surface area contributed by atoms with E-state index in [4.69, 9.17) is 14.2 Å². The van der Waals surface area contributed by atoms with Crippen molar-refractivity contribution in [1.82, 2.24) is 4.90 Å². The van der Waals surface area contributed by atoms with Crippen LogP contribution in [0.3, 0.4) is 0 Å². The summed E-state index contributed by atoms with van der Waals surface area (Å²) < 4.78 is 15.5. The molecule has 27 heavy (non-hydrogen) atoms. The summed E-state index contributed by atoms with van der Waals surface area (Å²) in [5.74, 6) is -1.20. The third-order valence-corrected chi connectivity index (χ3v) is 5.65. The Kier molecular flexibility index (Phi) is 5.51. The van der Waals surface area contributed by atoms with Crippen LogP contribution in [0, 0.1) is 5.92 Å². The van der Waals surface area contributed by atoms with Gasteiger partial charge in [-0.3, -0.25) is 19.3 Å². The second-order valence-electron chi connectivity index (χ2n) is 7.25. The molecule has 2 aliphatic rings. The lowest BCUT2D eigenvalue weighted by molar-refractivity contribution is -0.150. The molecule has 0 spiro atoms. The minimum Gasteiger partial charge on any atom is -0.469 e. The van der Waals surface area contributed by atoms with E-state index >= 15 is 0 Å². The molecule has 0 saturated carbocycles. The molecule has 0 radical (unpaired) electrons. The third-order valence-electron chi connectivity index (χ3n) is 5.65. The molecule has 3 rings (SSSR count). The number of esters is 3. The van der Waals surface area contributed by atoms with Crippen molar-refractivity contribution in [3.05, 3.63) is 23.8 Å². The molecule has 2 fully saturated rings. The fraction of sp³-hybridized carbons (Fsp3) is 0.550. The summed E-state index contributed by atoms with van der Waals surface area (Å²) in [6, 6.07) is 5.68. The van der Waals surface area contributed by atoms with Gasteiger partial charge >= 0.3 is 17.9 Å². The molecule has 1 aromatic carbocycles. The van der Waals surface area contributed by atoms with Crippen molar-refractivity contribution in [2.75, 3.05) is 14.2 Å². The molecule has 2 heterocycles. The van der Waals surface area contributed by atoms with Gasteiger partial charge in [0.25, 0.3) is 0 Å². The Balaban J connectivity index is 1.99. The summed E-state index contributed by atoms with van der Waals surface area (Å²) in [7, 11) is 3.47. The van der Waals surface area contributed by atoms with E-state index in [1.54, 1.807) is 12.1 Å². The standard InChI is InChI=1S/C20H25NO6/c1-11(22)26-17-8-5-13(9-18(17)27-12(2)23)15-10-14-6-7-16(21(14)3)19(15)20(24)25-4/h5,8-9,14-16,19H,6-7,10H2,1-4H3/t14-,15+,16+,19-/m0/s1. The lowest BCUT2D eigenvalue weighted by atomic mass is 9.76. The first-order chi connectivity index (χ1) is 12.8. The molecule has 146 valence electrons. The van der Waals surface area contributed by atoms with Crippen molar-refractivity contribution < 1.29 is 28.6 Å². The lowest BCUT2D eigenvalue weighted by Gasteiger charge is -2.41. The minimum atomic E-state index is -0.506. The molecule has 7 heteroatoms. The largest absolute Gasteiger partial charge is 0.469 e. The van der Waals surface area contributed by atoms with Crippen LogP contribution < -0.4 is 9.47 Å². The number of carbonyl (C=O) groups is 3. The van der Waals surface area contributed by atoms with Crippen molar-refractivity contribution in [3.8, 4) is 11.5 Å². The van der Waals surface area contributed by atoms with Gasteiger partial charge in [0, 0.05) is 31.8 Å². The van der Waals surface area contributed by atoms with Gasteiger partial charge in [0.2, 0.25) is 0 Å². The first-order valence-electron chi connectivity index (χ1n) is 9.12. The molecule has 0 N–H and O–H groups in total. The number of carbonyl (C=O) groups excluding carboxylic acids is 3. The van der Waals surface area contributed by atoms with Crippen LogP contribution in [-0.2, 0) is 19.1 Å². The molecular weight excluding hydrogens is 350 g/mol. The predicted molar refractivity (Wildman–Crippen MR) is 96.5 cm³/mol. The van der Waals surface area contributed by atoms with E-state index in [1.165, 1.54) is 21.0 Å². The zero-order chi connectivity index (χ0) is 19.7. The predicted octanol–water partition coefficient (Wildman–Crippen LogP) is 2.28. The molecule has 2 aliphatic heterocycles. The van der Waals surface area contributed by atoms with Crippen LogP contribution in [0.25, 0.3) is 0 Å². The van der Waals surface area contributed by atoms with E-state index in [-0.39, 0.29) is 35.3 Å². The summed E-state index contributed by atoms with van der Waals surface area (Å²) in [6.45, 7) is 2.57. The number of rotatable bonds is 4. The molecule has 1 aromatic rings. The highest BCUT2D eigenvalue weighted by atomic mass is 16.6. The van der Waals surface area contributed by atoms with Crippen LogP contribution in [0.2, 0.25) is 0 Å². The van der Waals surface area contributed by atoms with E-state index in [0.717, 1.165) is 24.8 Å². The number of fused-ring (bicyclic) bond motifs is 2. The number of benzene rings is 1. The van der Waals surface area contributed by atoms with Gasteiger partial charge in [0.15, 0.2) is 11.5 Å². The minimum absolute atomic E-state index is 0.0492. The second kappa shape index (κ2) is 7.68. The highest BCUT2D eigenvalue weighted by molar-refractivity contribution is 5.76. The van der Waals surface area contributed by atoms with Gasteiger partial charge in [-0.15, -0.1) is 0 Å². The second-order valence-corrected chi connectivity index (χ2v) is 7.25. The third kappa shape index (κ3) is 3.83. The van der Waals surface area contributed by atoms with Crippen molar-refractivity contribution >= 4 is 17.9 Å². The number of nitrogens with zero attached hydrogens (tertiary/aromatic N) is 1. The Morgan fingerprint density at radius 2 is 1.70 bits per heavy atom. The van der Waals surface area contributed by atoms with E-state index in [1.807, 2.05) is 6.07 Å². The van der Waals surface area contributed by atoms with Crippen LogP contribution in [0.1, 0.15) is 44.6 Å². The van der Waals surface area contributed by atoms with Crippen LogP contribution in [0.15, 0.2) is 18.2 Å². The topological polar surface area (TPSA) is 82.1 Å². The van der Waals surface area contributed by atoms with Crippen LogP contribution in [0.4, 0.5) is 0 Å². The zero-order valence-electron chi connectivity index (χ0n) is 16.1. The molecule has 0 aromatic heterocycles. The normalized spacial score (nSPS) is 27.1. The summed E-state index contributed by atoms with van der Waals surface area (Å²) in [5, 5.41) is 0. The molecule has 2 saturated heterocycles. The number of hydrogen-bond donors (Lipinski definition) is 0. The summed E-state index contributed by atoms with van der Waals surface area (Å²) in [5.41, 5.74) is 0.877. The Morgan fingerprint density at radius 1 is 1.04 bits per heavy atom. The maximum Gasteiger partial charge on any atom is 0.310 e. The van der Waals surface area contributed by atoms with Crippen LogP contribution in [0.5, 0.6) is 11.5 Å². The van der Waals surface area contributed by atoms with Gasteiger partial charge in [-0.1, -0.05) is 6.07 Å². The molecule has 2 bridgehead atoms. The SMILES string of the molecule is COC(=O)[C@H]1[C@@H](c2ccc(OC(C)=O)c(OC(C)=O)c2)C[C@@H]2CC[C@H]1N2C. The number of piperidine rings is 1. The van der Waals surface area contributed by atoms with Gasteiger partial charge in [-0.25, -0.2) is 0 Å². The zero-order valence-corrected chi connectivity index (χ0v) is 16.1. The highest BCUT2D eigenvalue weighted by Crippen LogP contribution is 2.47. The average Bonchev–Trinajstić information content (AvgIpc) is 2.84. The fourth-order valence-electron chi connectivity index (χ4n) is 4.50. The van der Waals surface area contributed by atoms with E-state index < -0.39 is 11.9 Å². The Labute approximate surface area is 158 Å². The molecule has 0 unspecified atom stereocenters. The van der Waals surface area contributed by atoms with E-state index in [0.29, 0.717) is 6.04 Å². The Bertz CT molecular complexity index is 761. The number of methoxy groups -OCH3 is 1. The van der Waals surface area contributed by atoms with Gasteiger partial charge < -0.3 is 14.2 Å². The van der Waals surface area contributed by atoms with Crippen LogP contribution >= 0.6 is 0 Å². The fourth-order valence-corrected chi connectivity index (χ4v) is 4.50. The van der Waals surface area contributed by atoms with Gasteiger partial charge in [0.05, 0.1) is 13.0 Å². The monoisotopic (exact) mass is 375 g/mol. The summed E-state index contributed by atoms with van der Waals surface area (Å²) in [6.07, 6.45) is 2.83. The van der Waals surface area contributed by atoms with E-state index in [2.05, 4.69) is 11.9 Å². The Hall–Kier alpha value is -2.41. The van der Waals surface area contributed by atoms with Crippen molar-refractivity contribution in [2.45, 2.75) is 51.1 Å².